The van der Waals surface area contributed by atoms with E-state index in [1.165, 1.54) is 0 Å². The second-order valence-corrected chi connectivity index (χ2v) is 4.33. The van der Waals surface area contributed by atoms with Gasteiger partial charge in [0.2, 0.25) is 0 Å². The topological polar surface area (TPSA) is 29.1 Å². The number of Topliss-reactive ketones (excluding diaryl/α,β-unsaturated/α-hetero) is 1. The summed E-state index contributed by atoms with van der Waals surface area (Å²) in [7, 11) is 0. The first-order valence-corrected chi connectivity index (χ1v) is 6.21. The maximum atomic E-state index is 11.0. The van der Waals surface area contributed by atoms with Gasteiger partial charge in [-0.2, -0.15) is 0 Å². The molecule has 0 radical (unpaired) electrons. The Balaban J connectivity index is 2.31. The SMILES string of the molecule is O=C(CBr)CCNc1ccc(Br)cc1. The molecule has 1 rings (SSSR count). The lowest BCUT2D eigenvalue weighted by atomic mass is 10.3. The number of carbonyl (C=O) groups excluding carboxylic acids is 1. The smallest absolute Gasteiger partial charge is 0.145 e. The van der Waals surface area contributed by atoms with E-state index < -0.39 is 0 Å². The lowest BCUT2D eigenvalue weighted by molar-refractivity contribution is -0.116. The fourth-order valence-corrected chi connectivity index (χ4v) is 1.53. The molecule has 0 aliphatic rings. The van der Waals surface area contributed by atoms with Crippen LogP contribution in [0.25, 0.3) is 0 Å². The highest BCUT2D eigenvalue weighted by Gasteiger charge is 1.98. The van der Waals surface area contributed by atoms with Gasteiger partial charge in [-0.25, -0.2) is 0 Å². The molecular weight excluding hydrogens is 310 g/mol. The van der Waals surface area contributed by atoms with Gasteiger partial charge >= 0.3 is 0 Å². The molecule has 0 aliphatic heterocycles. The van der Waals surface area contributed by atoms with E-state index in [0.717, 1.165) is 10.2 Å². The maximum Gasteiger partial charge on any atom is 0.145 e. The van der Waals surface area contributed by atoms with Gasteiger partial charge in [0.25, 0.3) is 0 Å². The average Bonchev–Trinajstić information content (AvgIpc) is 2.21. The van der Waals surface area contributed by atoms with Crippen molar-refractivity contribution in [1.82, 2.24) is 0 Å². The van der Waals surface area contributed by atoms with E-state index in [1.54, 1.807) is 0 Å². The number of rotatable bonds is 5. The predicted octanol–water partition coefficient (Wildman–Crippen LogP) is 3.22. The van der Waals surface area contributed by atoms with Crippen LogP contribution in [0.4, 0.5) is 5.69 Å². The molecule has 0 saturated heterocycles. The van der Waals surface area contributed by atoms with E-state index in [4.69, 9.17) is 0 Å². The van der Waals surface area contributed by atoms with Crippen molar-refractivity contribution in [2.75, 3.05) is 17.2 Å². The van der Waals surface area contributed by atoms with Gasteiger partial charge in [0.05, 0.1) is 5.33 Å². The van der Waals surface area contributed by atoms with Crippen LogP contribution in [-0.2, 0) is 4.79 Å². The molecule has 0 atom stereocenters. The summed E-state index contributed by atoms with van der Waals surface area (Å²) < 4.78 is 1.06. The molecule has 0 amide bonds. The second kappa shape index (κ2) is 6.19. The highest BCUT2D eigenvalue weighted by Crippen LogP contribution is 2.13. The Morgan fingerprint density at radius 3 is 2.50 bits per heavy atom. The Labute approximate surface area is 100 Å². The summed E-state index contributed by atoms with van der Waals surface area (Å²) in [5.41, 5.74) is 1.04. The third kappa shape index (κ3) is 4.24. The molecule has 0 bridgehead atoms. The van der Waals surface area contributed by atoms with Crippen molar-refractivity contribution in [2.45, 2.75) is 6.42 Å². The van der Waals surface area contributed by atoms with Crippen LogP contribution in [0.5, 0.6) is 0 Å². The Bertz CT molecular complexity index is 297. The fraction of sp³-hybridized carbons (Fsp3) is 0.300. The van der Waals surface area contributed by atoms with Gasteiger partial charge in [0.15, 0.2) is 0 Å². The molecule has 14 heavy (non-hydrogen) atoms. The van der Waals surface area contributed by atoms with Crippen LogP contribution < -0.4 is 5.32 Å². The van der Waals surface area contributed by atoms with Gasteiger partial charge in [-0.05, 0) is 24.3 Å². The molecule has 0 fully saturated rings. The van der Waals surface area contributed by atoms with Crippen molar-refractivity contribution in [3.8, 4) is 0 Å². The zero-order valence-electron chi connectivity index (χ0n) is 7.59. The number of benzene rings is 1. The molecule has 0 spiro atoms. The summed E-state index contributed by atoms with van der Waals surface area (Å²) in [6.07, 6.45) is 0.557. The third-order valence-electron chi connectivity index (χ3n) is 1.73. The molecule has 2 nitrogen and oxygen atoms in total. The summed E-state index contributed by atoms with van der Waals surface area (Å²) in [4.78, 5) is 11.0. The van der Waals surface area contributed by atoms with Gasteiger partial charge in [-0.3, -0.25) is 4.79 Å². The van der Waals surface area contributed by atoms with Crippen LogP contribution >= 0.6 is 31.9 Å². The maximum absolute atomic E-state index is 11.0. The van der Waals surface area contributed by atoms with Crippen LogP contribution in [0.15, 0.2) is 28.7 Å². The van der Waals surface area contributed by atoms with E-state index >= 15 is 0 Å². The summed E-state index contributed by atoms with van der Waals surface area (Å²) in [5, 5.41) is 3.61. The van der Waals surface area contributed by atoms with Gasteiger partial charge in [0, 0.05) is 23.1 Å². The number of ketones is 1. The van der Waals surface area contributed by atoms with Gasteiger partial charge in [-0.15, -0.1) is 0 Å². The summed E-state index contributed by atoms with van der Waals surface area (Å²) in [6.45, 7) is 0.687. The molecule has 1 N–H and O–H groups in total. The summed E-state index contributed by atoms with van der Waals surface area (Å²) in [5.74, 6) is 0.217. The summed E-state index contributed by atoms with van der Waals surface area (Å²) >= 11 is 6.49. The first-order chi connectivity index (χ1) is 6.72. The van der Waals surface area contributed by atoms with Crippen LogP contribution in [0.2, 0.25) is 0 Å². The highest BCUT2D eigenvalue weighted by molar-refractivity contribution is 9.10. The minimum absolute atomic E-state index is 0.217. The second-order valence-electron chi connectivity index (χ2n) is 2.86. The monoisotopic (exact) mass is 319 g/mol. The molecule has 0 aromatic heterocycles. The van der Waals surface area contributed by atoms with E-state index in [0.29, 0.717) is 18.3 Å². The Morgan fingerprint density at radius 1 is 1.29 bits per heavy atom. The van der Waals surface area contributed by atoms with Crippen molar-refractivity contribution >= 4 is 43.3 Å². The van der Waals surface area contributed by atoms with E-state index in [2.05, 4.69) is 37.2 Å². The van der Waals surface area contributed by atoms with Crippen LogP contribution in [-0.4, -0.2) is 17.7 Å². The van der Waals surface area contributed by atoms with Crippen molar-refractivity contribution in [3.63, 3.8) is 0 Å². The van der Waals surface area contributed by atoms with Crippen LogP contribution in [0.1, 0.15) is 6.42 Å². The molecule has 0 saturated carbocycles. The number of halogens is 2. The molecule has 4 heteroatoms. The standard InChI is InChI=1S/C10H11Br2NO/c11-7-10(14)5-6-13-9-3-1-8(12)2-4-9/h1-4,13H,5-7H2. The number of alkyl halides is 1. The molecular formula is C10H11Br2NO. The Kier molecular flexibility index (Phi) is 5.19. The van der Waals surface area contributed by atoms with Crippen LogP contribution in [0, 0.1) is 0 Å². The van der Waals surface area contributed by atoms with Crippen molar-refractivity contribution < 1.29 is 4.79 Å². The zero-order chi connectivity index (χ0) is 10.4. The molecule has 76 valence electrons. The quantitative estimate of drug-likeness (QED) is 0.844. The average molecular weight is 321 g/mol. The lowest BCUT2D eigenvalue weighted by Crippen LogP contribution is -2.08. The van der Waals surface area contributed by atoms with Gasteiger partial charge in [-0.1, -0.05) is 31.9 Å². The number of hydrogen-bond donors (Lipinski definition) is 1. The zero-order valence-corrected chi connectivity index (χ0v) is 10.8. The largest absolute Gasteiger partial charge is 0.385 e. The lowest BCUT2D eigenvalue weighted by Gasteiger charge is -2.04. The van der Waals surface area contributed by atoms with E-state index in [1.807, 2.05) is 24.3 Å². The molecule has 0 unspecified atom stereocenters. The van der Waals surface area contributed by atoms with Crippen molar-refractivity contribution in [2.24, 2.45) is 0 Å². The fourth-order valence-electron chi connectivity index (χ4n) is 0.981. The molecule has 0 aliphatic carbocycles. The number of hydrogen-bond acceptors (Lipinski definition) is 2. The number of anilines is 1. The van der Waals surface area contributed by atoms with Crippen molar-refractivity contribution in [3.05, 3.63) is 28.7 Å². The molecule has 1 aromatic rings. The van der Waals surface area contributed by atoms with E-state index in [9.17, 15) is 4.79 Å². The van der Waals surface area contributed by atoms with Gasteiger partial charge in [0.1, 0.15) is 5.78 Å². The minimum Gasteiger partial charge on any atom is -0.385 e. The predicted molar refractivity (Wildman–Crippen MR) is 66.0 cm³/mol. The van der Waals surface area contributed by atoms with Crippen molar-refractivity contribution in [1.29, 1.82) is 0 Å². The third-order valence-corrected chi connectivity index (χ3v) is 2.88. The Morgan fingerprint density at radius 2 is 1.93 bits per heavy atom. The Hall–Kier alpha value is -0.350. The molecule has 1 aromatic carbocycles. The first-order valence-electron chi connectivity index (χ1n) is 4.29. The highest BCUT2D eigenvalue weighted by atomic mass is 79.9. The normalized spacial score (nSPS) is 9.86. The number of carbonyl (C=O) groups is 1. The van der Waals surface area contributed by atoms with Crippen LogP contribution in [0.3, 0.4) is 0 Å². The first kappa shape index (κ1) is 11.7. The van der Waals surface area contributed by atoms with Gasteiger partial charge < -0.3 is 5.32 Å². The van der Waals surface area contributed by atoms with E-state index in [-0.39, 0.29) is 5.78 Å². The molecule has 0 heterocycles. The minimum atomic E-state index is 0.217. The number of nitrogens with one attached hydrogen (secondary N) is 1. The summed E-state index contributed by atoms with van der Waals surface area (Å²) in [6, 6.07) is 7.88.